The Hall–Kier alpha value is -2.30. The Labute approximate surface area is 124 Å². The molecule has 0 aliphatic carbocycles. The van der Waals surface area contributed by atoms with Crippen molar-refractivity contribution in [2.75, 3.05) is 6.61 Å². The van der Waals surface area contributed by atoms with Gasteiger partial charge in [-0.25, -0.2) is 9.48 Å². The van der Waals surface area contributed by atoms with Crippen LogP contribution in [0.2, 0.25) is 0 Å². The van der Waals surface area contributed by atoms with Crippen LogP contribution < -0.4 is 4.74 Å². The average Bonchev–Trinajstić information content (AvgIpc) is 2.88. The Morgan fingerprint density at radius 3 is 2.67 bits per heavy atom. The first-order valence-corrected chi connectivity index (χ1v) is 7.09. The van der Waals surface area contributed by atoms with Gasteiger partial charge in [-0.1, -0.05) is 32.0 Å². The predicted molar refractivity (Wildman–Crippen MR) is 80.1 cm³/mol. The molecule has 5 nitrogen and oxygen atoms in total. The Morgan fingerprint density at radius 2 is 2.05 bits per heavy atom. The van der Waals surface area contributed by atoms with Crippen molar-refractivity contribution in [3.8, 4) is 11.6 Å². The van der Waals surface area contributed by atoms with E-state index in [9.17, 15) is 9.90 Å². The van der Waals surface area contributed by atoms with Crippen molar-refractivity contribution in [2.45, 2.75) is 26.7 Å². The Bertz CT molecular complexity index is 591. The van der Waals surface area contributed by atoms with Crippen molar-refractivity contribution in [2.24, 2.45) is 5.92 Å². The summed E-state index contributed by atoms with van der Waals surface area (Å²) in [5, 5.41) is 13.4. The smallest absolute Gasteiger partial charge is 0.342 e. The van der Waals surface area contributed by atoms with Crippen molar-refractivity contribution >= 4 is 5.97 Å². The number of benzene rings is 1. The highest BCUT2D eigenvalue weighted by molar-refractivity contribution is 5.90. The number of carbonyl (C=O) groups is 1. The van der Waals surface area contributed by atoms with Crippen molar-refractivity contribution in [1.82, 2.24) is 9.78 Å². The van der Waals surface area contributed by atoms with Gasteiger partial charge in [-0.3, -0.25) is 0 Å². The second kappa shape index (κ2) is 6.92. The van der Waals surface area contributed by atoms with Gasteiger partial charge in [-0.05, 0) is 30.9 Å². The lowest BCUT2D eigenvalue weighted by Gasteiger charge is -2.11. The van der Waals surface area contributed by atoms with Crippen molar-refractivity contribution < 1.29 is 14.6 Å². The van der Waals surface area contributed by atoms with Crippen LogP contribution in [-0.2, 0) is 0 Å². The lowest BCUT2D eigenvalue weighted by atomic mass is 10.1. The van der Waals surface area contributed by atoms with Gasteiger partial charge in [0.25, 0.3) is 0 Å². The number of hydrogen-bond acceptors (Lipinski definition) is 3. The van der Waals surface area contributed by atoms with Crippen LogP contribution in [0.1, 0.15) is 37.0 Å². The van der Waals surface area contributed by atoms with Gasteiger partial charge < -0.3 is 9.84 Å². The summed E-state index contributed by atoms with van der Waals surface area (Å²) >= 11 is 0. The molecule has 0 atom stereocenters. The first kappa shape index (κ1) is 15.1. The molecular weight excluding hydrogens is 268 g/mol. The maximum absolute atomic E-state index is 11.3. The second-order valence-electron chi connectivity index (χ2n) is 5.30. The number of para-hydroxylation sites is 1. The molecule has 0 unspecified atom stereocenters. The fraction of sp³-hybridized carbons (Fsp3) is 0.375. The molecule has 5 heteroatoms. The number of ether oxygens (including phenoxy) is 1. The highest BCUT2D eigenvalue weighted by Gasteiger charge is 2.19. The van der Waals surface area contributed by atoms with Gasteiger partial charge >= 0.3 is 5.97 Å². The molecule has 0 saturated carbocycles. The minimum atomic E-state index is -1.03. The van der Waals surface area contributed by atoms with E-state index >= 15 is 0 Å². The van der Waals surface area contributed by atoms with E-state index in [2.05, 4.69) is 18.9 Å². The van der Waals surface area contributed by atoms with E-state index in [1.807, 2.05) is 30.3 Å². The molecule has 0 radical (unpaired) electrons. The predicted octanol–water partition coefficient (Wildman–Crippen LogP) is 3.39. The van der Waals surface area contributed by atoms with Gasteiger partial charge in [0.15, 0.2) is 0 Å². The van der Waals surface area contributed by atoms with E-state index in [0.717, 1.165) is 18.5 Å². The van der Waals surface area contributed by atoms with Gasteiger partial charge in [0.1, 0.15) is 5.56 Å². The SMILES string of the molecule is CC(C)CCCOc1c(C(=O)O)cnn1-c1ccccc1. The van der Waals surface area contributed by atoms with Gasteiger partial charge in [0.2, 0.25) is 5.88 Å². The monoisotopic (exact) mass is 288 g/mol. The minimum Gasteiger partial charge on any atom is -0.477 e. The fourth-order valence-electron chi connectivity index (χ4n) is 2.04. The highest BCUT2D eigenvalue weighted by atomic mass is 16.5. The summed E-state index contributed by atoms with van der Waals surface area (Å²) < 4.78 is 7.22. The summed E-state index contributed by atoms with van der Waals surface area (Å²) in [4.78, 5) is 11.3. The van der Waals surface area contributed by atoms with Crippen LogP contribution in [0.3, 0.4) is 0 Å². The van der Waals surface area contributed by atoms with Gasteiger partial charge in [-0.2, -0.15) is 5.10 Å². The molecule has 1 N–H and O–H groups in total. The minimum absolute atomic E-state index is 0.0865. The maximum atomic E-state index is 11.3. The second-order valence-corrected chi connectivity index (χ2v) is 5.30. The lowest BCUT2D eigenvalue weighted by Crippen LogP contribution is -2.08. The molecule has 1 aromatic carbocycles. The van der Waals surface area contributed by atoms with Crippen LogP contribution in [0.4, 0.5) is 0 Å². The normalized spacial score (nSPS) is 10.8. The molecule has 21 heavy (non-hydrogen) atoms. The summed E-state index contributed by atoms with van der Waals surface area (Å²) in [6, 6.07) is 9.37. The Kier molecular flexibility index (Phi) is 4.98. The molecule has 0 amide bonds. The first-order chi connectivity index (χ1) is 10.1. The number of aromatic nitrogens is 2. The Morgan fingerprint density at radius 1 is 1.33 bits per heavy atom. The number of aromatic carboxylic acids is 1. The van der Waals surface area contributed by atoms with Crippen molar-refractivity contribution in [3.05, 3.63) is 42.1 Å². The first-order valence-electron chi connectivity index (χ1n) is 7.09. The van der Waals surface area contributed by atoms with Crippen LogP contribution in [0.25, 0.3) is 5.69 Å². The summed E-state index contributed by atoms with van der Waals surface area (Å²) in [5.74, 6) is -0.139. The number of hydrogen-bond donors (Lipinski definition) is 1. The molecule has 0 aliphatic heterocycles. The van der Waals surface area contributed by atoms with E-state index in [-0.39, 0.29) is 11.4 Å². The zero-order valence-electron chi connectivity index (χ0n) is 12.3. The summed E-state index contributed by atoms with van der Waals surface area (Å²) in [6.45, 7) is 4.78. The van der Waals surface area contributed by atoms with Crippen LogP contribution in [0.15, 0.2) is 36.5 Å². The number of nitrogens with zero attached hydrogens (tertiary/aromatic N) is 2. The third-order valence-corrected chi connectivity index (χ3v) is 3.12. The molecule has 112 valence electrons. The molecular formula is C16H20N2O3. The van der Waals surface area contributed by atoms with E-state index < -0.39 is 5.97 Å². The molecule has 0 aliphatic rings. The van der Waals surface area contributed by atoms with Crippen LogP contribution in [0, 0.1) is 5.92 Å². The topological polar surface area (TPSA) is 64.3 Å². The molecule has 2 aromatic rings. The zero-order chi connectivity index (χ0) is 15.2. The van der Waals surface area contributed by atoms with E-state index in [0.29, 0.717) is 12.5 Å². The van der Waals surface area contributed by atoms with Crippen molar-refractivity contribution in [1.29, 1.82) is 0 Å². The third kappa shape index (κ3) is 3.84. The van der Waals surface area contributed by atoms with Crippen LogP contribution >= 0.6 is 0 Å². The zero-order valence-corrected chi connectivity index (χ0v) is 12.3. The molecule has 1 heterocycles. The Balaban J connectivity index is 2.20. The summed E-state index contributed by atoms with van der Waals surface area (Å²) in [6.07, 6.45) is 3.26. The van der Waals surface area contributed by atoms with Gasteiger partial charge in [0.05, 0.1) is 18.5 Å². The lowest BCUT2D eigenvalue weighted by molar-refractivity contribution is 0.0691. The van der Waals surface area contributed by atoms with Gasteiger partial charge in [-0.15, -0.1) is 0 Å². The summed E-state index contributed by atoms with van der Waals surface area (Å²) in [5.41, 5.74) is 0.868. The molecule has 0 saturated heterocycles. The van der Waals surface area contributed by atoms with Crippen LogP contribution in [0.5, 0.6) is 5.88 Å². The van der Waals surface area contributed by atoms with Crippen LogP contribution in [-0.4, -0.2) is 27.5 Å². The molecule has 0 fully saturated rings. The largest absolute Gasteiger partial charge is 0.477 e. The number of carboxylic acids is 1. The third-order valence-electron chi connectivity index (χ3n) is 3.12. The maximum Gasteiger partial charge on any atom is 0.342 e. The molecule has 0 spiro atoms. The fourth-order valence-corrected chi connectivity index (χ4v) is 2.04. The van der Waals surface area contributed by atoms with E-state index in [1.54, 1.807) is 0 Å². The quantitative estimate of drug-likeness (QED) is 0.793. The number of carboxylic acid groups (broad SMARTS) is 1. The highest BCUT2D eigenvalue weighted by Crippen LogP contribution is 2.23. The molecule has 0 bridgehead atoms. The van der Waals surface area contributed by atoms with Crippen molar-refractivity contribution in [3.63, 3.8) is 0 Å². The number of rotatable bonds is 7. The van der Waals surface area contributed by atoms with E-state index in [4.69, 9.17) is 4.74 Å². The van der Waals surface area contributed by atoms with E-state index in [1.165, 1.54) is 10.9 Å². The standard InChI is InChI=1S/C16H20N2O3/c1-12(2)7-6-10-21-15-14(16(19)20)11-17-18(15)13-8-4-3-5-9-13/h3-5,8-9,11-12H,6-7,10H2,1-2H3,(H,19,20). The molecule has 2 rings (SSSR count). The average molecular weight is 288 g/mol. The van der Waals surface area contributed by atoms with Gasteiger partial charge in [0, 0.05) is 0 Å². The summed E-state index contributed by atoms with van der Waals surface area (Å²) in [7, 11) is 0. The molecule has 1 aromatic heterocycles.